The standard InChI is InChI=1S/C39H66N2O29/c1-9-19(49)24(54)27(57)37(61-9)68-31-18(41-11(3)47)34(59)62-16(7-45)30(31)67-35-17(40-10(2)46)23(53)29(15(6-44)65-35)66-39-33(70-36-26(56)20(50)12(48)8-60-36)32(22(52)14(5-43)64-39)69-38-28(58)25(55)21(51)13(4-42)63-38/h9,12-39,42-45,48-59H,4-8H2,1-3H3,(H,40,46)(H,41,47)/t9-,12+,13+,14+,15+,16+,17+,18+,19+,20-,21+,22+,23+,24+,25-,26+,27-,28-,29+,30+,31+,32-,33-,34+,35-,36-,37-,38-,39-/m0/s1. The summed E-state index contributed by atoms with van der Waals surface area (Å²) in [5.41, 5.74) is 0. The molecule has 18 N–H and O–H groups in total. The molecule has 0 aromatic rings. The maximum absolute atomic E-state index is 12.8. The molecule has 0 spiro atoms. The van der Waals surface area contributed by atoms with Gasteiger partial charge in [0.1, 0.15) is 134 Å². The van der Waals surface area contributed by atoms with Gasteiger partial charge < -0.3 is 144 Å². The molecular weight excluding hydrogens is 960 g/mol. The maximum Gasteiger partial charge on any atom is 0.217 e. The van der Waals surface area contributed by atoms with E-state index in [4.69, 9.17) is 52.1 Å². The minimum absolute atomic E-state index is 0.637. The third-order valence-corrected chi connectivity index (χ3v) is 12.8. The number of hydrogen-bond acceptors (Lipinski definition) is 29. The SMILES string of the molecule is CC(=O)N[C@@H]1[C@@H](O[C@@H]2O[C@@H](C)[C@@H](O)[C@@H](O)[C@@H]2O)[C@H](O[C@@H]2O[C@H](CO)[C@@H](O[C@@H]3O[C@H](CO)[C@@H](O)[C@H](O[C@@H]4O[C@H](CO)[C@@H](O)[C@H](O)[C@@H]4O)[C@@H]3O[C@@H]3OC[C@@H](O)[C@H](O)[C@H]3O)[C@H](O)[C@H]2NC(C)=O)[C@@H](CO)O[C@H]1O. The molecule has 29 atom stereocenters. The average Bonchev–Trinajstić information content (AvgIpc) is 3.32. The summed E-state index contributed by atoms with van der Waals surface area (Å²) in [6.45, 7) is -1.21. The summed E-state index contributed by atoms with van der Waals surface area (Å²) in [5, 5.41) is 176. The van der Waals surface area contributed by atoms with Gasteiger partial charge in [0.2, 0.25) is 11.8 Å². The molecule has 406 valence electrons. The Morgan fingerprint density at radius 3 is 1.49 bits per heavy atom. The highest BCUT2D eigenvalue weighted by molar-refractivity contribution is 5.73. The van der Waals surface area contributed by atoms with Gasteiger partial charge in [0.25, 0.3) is 0 Å². The molecule has 31 nitrogen and oxygen atoms in total. The van der Waals surface area contributed by atoms with Crippen LogP contribution in [-0.2, 0) is 61.7 Å². The lowest BCUT2D eigenvalue weighted by atomic mass is 9.93. The predicted molar refractivity (Wildman–Crippen MR) is 215 cm³/mol. The lowest BCUT2D eigenvalue weighted by Crippen LogP contribution is -2.71. The Balaban J connectivity index is 1.34. The van der Waals surface area contributed by atoms with E-state index in [9.17, 15) is 91.3 Å². The highest BCUT2D eigenvalue weighted by Gasteiger charge is 2.58. The van der Waals surface area contributed by atoms with Crippen LogP contribution in [0.1, 0.15) is 20.8 Å². The zero-order chi connectivity index (χ0) is 51.6. The Morgan fingerprint density at radius 2 is 0.886 bits per heavy atom. The van der Waals surface area contributed by atoms with E-state index in [2.05, 4.69) is 10.6 Å². The molecule has 6 fully saturated rings. The van der Waals surface area contributed by atoms with Gasteiger partial charge in [-0.05, 0) is 6.92 Å². The quantitative estimate of drug-likeness (QED) is 0.0682. The van der Waals surface area contributed by atoms with Gasteiger partial charge in [-0.1, -0.05) is 0 Å². The van der Waals surface area contributed by atoms with Crippen molar-refractivity contribution in [1.82, 2.24) is 10.6 Å². The number of ether oxygens (including phenoxy) is 11. The molecule has 0 unspecified atom stereocenters. The number of amides is 2. The van der Waals surface area contributed by atoms with E-state index < -0.39 is 223 Å². The second-order valence-electron chi connectivity index (χ2n) is 17.8. The summed E-state index contributed by atoms with van der Waals surface area (Å²) in [4.78, 5) is 25.2. The topological polar surface area (TPSA) is 483 Å². The lowest BCUT2D eigenvalue weighted by Gasteiger charge is -2.51. The first-order chi connectivity index (χ1) is 33.1. The fourth-order valence-electron chi connectivity index (χ4n) is 8.95. The molecular formula is C39H66N2O29. The summed E-state index contributed by atoms with van der Waals surface area (Å²) in [5.74, 6) is -1.61. The minimum atomic E-state index is -2.10. The van der Waals surface area contributed by atoms with Crippen LogP contribution in [0, 0.1) is 0 Å². The van der Waals surface area contributed by atoms with Gasteiger partial charge in [-0.15, -0.1) is 0 Å². The second-order valence-corrected chi connectivity index (χ2v) is 17.8. The van der Waals surface area contributed by atoms with E-state index >= 15 is 0 Å². The van der Waals surface area contributed by atoms with Crippen LogP contribution < -0.4 is 10.6 Å². The smallest absolute Gasteiger partial charge is 0.217 e. The summed E-state index contributed by atoms with van der Waals surface area (Å²) in [7, 11) is 0. The third-order valence-electron chi connectivity index (χ3n) is 12.8. The van der Waals surface area contributed by atoms with E-state index in [0.29, 0.717) is 0 Å². The van der Waals surface area contributed by atoms with E-state index in [-0.39, 0.29) is 0 Å². The van der Waals surface area contributed by atoms with Crippen LogP contribution in [0.15, 0.2) is 0 Å². The van der Waals surface area contributed by atoms with Crippen LogP contribution >= 0.6 is 0 Å². The van der Waals surface area contributed by atoms with Gasteiger partial charge >= 0.3 is 0 Å². The Kier molecular flexibility index (Phi) is 20.0. The number of hydrogen-bond donors (Lipinski definition) is 18. The summed E-state index contributed by atoms with van der Waals surface area (Å²) >= 11 is 0. The number of carbonyl (C=O) groups excluding carboxylic acids is 2. The van der Waals surface area contributed by atoms with Crippen molar-refractivity contribution in [2.24, 2.45) is 0 Å². The normalized spacial score (nSPS) is 50.3. The maximum atomic E-state index is 12.8. The Morgan fingerprint density at radius 1 is 0.429 bits per heavy atom. The molecule has 0 bridgehead atoms. The molecule has 31 heteroatoms. The Labute approximate surface area is 397 Å². The fraction of sp³-hybridized carbons (Fsp3) is 0.949. The van der Waals surface area contributed by atoms with E-state index in [1.54, 1.807) is 0 Å². The molecule has 70 heavy (non-hydrogen) atoms. The van der Waals surface area contributed by atoms with E-state index in [1.807, 2.05) is 0 Å². The van der Waals surface area contributed by atoms with Crippen molar-refractivity contribution in [1.29, 1.82) is 0 Å². The first kappa shape index (κ1) is 57.1. The molecule has 6 aliphatic heterocycles. The van der Waals surface area contributed by atoms with Crippen molar-refractivity contribution in [3.8, 4) is 0 Å². The fourth-order valence-corrected chi connectivity index (χ4v) is 8.95. The second kappa shape index (κ2) is 24.5. The monoisotopic (exact) mass is 1030 g/mol. The molecule has 6 saturated heterocycles. The van der Waals surface area contributed by atoms with Crippen molar-refractivity contribution >= 4 is 11.8 Å². The van der Waals surface area contributed by atoms with Crippen LogP contribution in [0.5, 0.6) is 0 Å². The summed E-state index contributed by atoms with van der Waals surface area (Å²) in [6.07, 6.45) is -50.0. The molecule has 6 rings (SSSR count). The van der Waals surface area contributed by atoms with Crippen molar-refractivity contribution in [3.63, 3.8) is 0 Å². The summed E-state index contributed by atoms with van der Waals surface area (Å²) in [6, 6.07) is -3.42. The number of nitrogens with one attached hydrogen (secondary N) is 2. The highest BCUT2D eigenvalue weighted by Crippen LogP contribution is 2.38. The van der Waals surface area contributed by atoms with Gasteiger partial charge in [-0.3, -0.25) is 9.59 Å². The largest absolute Gasteiger partial charge is 0.394 e. The van der Waals surface area contributed by atoms with Crippen molar-refractivity contribution in [3.05, 3.63) is 0 Å². The predicted octanol–water partition coefficient (Wildman–Crippen LogP) is -12.1. The molecule has 2 amide bonds. The highest BCUT2D eigenvalue weighted by atomic mass is 16.8. The Bertz CT molecular complexity index is 1680. The zero-order valence-electron chi connectivity index (χ0n) is 37.7. The molecule has 6 heterocycles. The van der Waals surface area contributed by atoms with E-state index in [1.165, 1.54) is 6.92 Å². The van der Waals surface area contributed by atoms with E-state index in [0.717, 1.165) is 13.8 Å². The van der Waals surface area contributed by atoms with Crippen molar-refractivity contribution in [2.75, 3.05) is 33.0 Å². The van der Waals surface area contributed by atoms with Crippen molar-refractivity contribution in [2.45, 2.75) is 199 Å². The average molecular weight is 1030 g/mol. The van der Waals surface area contributed by atoms with Gasteiger partial charge in [0.15, 0.2) is 37.7 Å². The van der Waals surface area contributed by atoms with Crippen LogP contribution in [-0.4, -0.2) is 305 Å². The van der Waals surface area contributed by atoms with Crippen LogP contribution in [0.3, 0.4) is 0 Å². The van der Waals surface area contributed by atoms with Crippen LogP contribution in [0.4, 0.5) is 0 Å². The molecule has 0 aromatic carbocycles. The van der Waals surface area contributed by atoms with Crippen LogP contribution in [0.2, 0.25) is 0 Å². The molecule has 0 radical (unpaired) electrons. The molecule has 6 aliphatic rings. The summed E-state index contributed by atoms with van der Waals surface area (Å²) < 4.78 is 64.3. The molecule has 0 saturated carbocycles. The number of aliphatic hydroxyl groups excluding tert-OH is 16. The van der Waals surface area contributed by atoms with Gasteiger partial charge in [-0.25, -0.2) is 0 Å². The number of aliphatic hydroxyl groups is 16. The number of rotatable bonds is 16. The third kappa shape index (κ3) is 12.2. The van der Waals surface area contributed by atoms with Gasteiger partial charge in [0.05, 0.1) is 39.1 Å². The van der Waals surface area contributed by atoms with Crippen molar-refractivity contribution < 1.29 is 143 Å². The molecule has 0 aliphatic carbocycles. The Hall–Kier alpha value is -2.14. The number of carbonyl (C=O) groups is 2. The van der Waals surface area contributed by atoms with Crippen LogP contribution in [0.25, 0.3) is 0 Å². The van der Waals surface area contributed by atoms with Gasteiger partial charge in [-0.2, -0.15) is 0 Å². The first-order valence-corrected chi connectivity index (χ1v) is 22.4. The first-order valence-electron chi connectivity index (χ1n) is 22.4. The molecule has 0 aromatic heterocycles. The lowest BCUT2D eigenvalue weighted by molar-refractivity contribution is -0.402. The zero-order valence-corrected chi connectivity index (χ0v) is 37.7. The van der Waals surface area contributed by atoms with Gasteiger partial charge in [0, 0.05) is 13.8 Å². The minimum Gasteiger partial charge on any atom is -0.394 e.